The number of nitrogens with zero attached hydrogens (tertiary/aromatic N) is 3. The molecule has 0 saturated heterocycles. The van der Waals surface area contributed by atoms with Crippen molar-refractivity contribution in [3.8, 4) is 11.4 Å². The van der Waals surface area contributed by atoms with Crippen LogP contribution in [0.2, 0.25) is 0 Å². The standard InChI is InChI=1S/C15H14N4/c1-11-17-15(19-18-11)13-7-8-16-14(10-13)9-12-5-3-2-4-6-12/h2-8,10H,9H2,1H3,(H,17,18,19). The van der Waals surface area contributed by atoms with Gasteiger partial charge < -0.3 is 0 Å². The lowest BCUT2D eigenvalue weighted by molar-refractivity contribution is 1.04. The van der Waals surface area contributed by atoms with Gasteiger partial charge in [-0.3, -0.25) is 10.1 Å². The largest absolute Gasteiger partial charge is 0.263 e. The molecule has 0 radical (unpaired) electrons. The smallest absolute Gasteiger partial charge is 0.181 e. The van der Waals surface area contributed by atoms with Gasteiger partial charge in [0.25, 0.3) is 0 Å². The number of benzene rings is 1. The topological polar surface area (TPSA) is 54.5 Å². The van der Waals surface area contributed by atoms with Gasteiger partial charge in [0.05, 0.1) is 0 Å². The van der Waals surface area contributed by atoms with Crippen LogP contribution in [0.15, 0.2) is 48.7 Å². The molecule has 3 aromatic rings. The molecule has 0 spiro atoms. The van der Waals surface area contributed by atoms with Gasteiger partial charge in [-0.15, -0.1) is 0 Å². The molecule has 0 unspecified atom stereocenters. The molecule has 0 aliphatic rings. The maximum Gasteiger partial charge on any atom is 0.181 e. The molecular weight excluding hydrogens is 236 g/mol. The van der Waals surface area contributed by atoms with Gasteiger partial charge in [-0.1, -0.05) is 30.3 Å². The van der Waals surface area contributed by atoms with E-state index in [2.05, 4.69) is 32.3 Å². The summed E-state index contributed by atoms with van der Waals surface area (Å²) in [5.74, 6) is 1.53. The third-order valence-electron chi connectivity index (χ3n) is 2.90. The summed E-state index contributed by atoms with van der Waals surface area (Å²) >= 11 is 0. The normalized spacial score (nSPS) is 10.6. The molecule has 0 bridgehead atoms. The van der Waals surface area contributed by atoms with Crippen molar-refractivity contribution in [3.63, 3.8) is 0 Å². The zero-order chi connectivity index (χ0) is 13.1. The fraction of sp³-hybridized carbons (Fsp3) is 0.133. The molecule has 0 aliphatic carbocycles. The van der Waals surface area contributed by atoms with E-state index in [9.17, 15) is 0 Å². The summed E-state index contributed by atoms with van der Waals surface area (Å²) in [4.78, 5) is 8.74. The van der Waals surface area contributed by atoms with Crippen LogP contribution in [0.5, 0.6) is 0 Å². The first kappa shape index (κ1) is 11.6. The van der Waals surface area contributed by atoms with E-state index in [1.165, 1.54) is 5.56 Å². The summed E-state index contributed by atoms with van der Waals surface area (Å²) in [7, 11) is 0. The van der Waals surface area contributed by atoms with Crippen molar-refractivity contribution in [2.45, 2.75) is 13.3 Å². The van der Waals surface area contributed by atoms with E-state index < -0.39 is 0 Å². The van der Waals surface area contributed by atoms with E-state index in [1.54, 1.807) is 6.20 Å². The number of pyridine rings is 1. The lowest BCUT2D eigenvalue weighted by Gasteiger charge is -2.02. The van der Waals surface area contributed by atoms with Crippen molar-refractivity contribution in [2.24, 2.45) is 0 Å². The van der Waals surface area contributed by atoms with Gasteiger partial charge in [0.2, 0.25) is 0 Å². The van der Waals surface area contributed by atoms with Crippen LogP contribution >= 0.6 is 0 Å². The van der Waals surface area contributed by atoms with E-state index >= 15 is 0 Å². The molecule has 4 nitrogen and oxygen atoms in total. The summed E-state index contributed by atoms with van der Waals surface area (Å²) in [6.07, 6.45) is 2.62. The molecule has 4 heteroatoms. The van der Waals surface area contributed by atoms with Crippen molar-refractivity contribution in [3.05, 3.63) is 65.7 Å². The number of aryl methyl sites for hydroxylation is 1. The monoisotopic (exact) mass is 250 g/mol. The summed E-state index contributed by atoms with van der Waals surface area (Å²) < 4.78 is 0. The molecule has 1 N–H and O–H groups in total. The highest BCUT2D eigenvalue weighted by atomic mass is 15.2. The van der Waals surface area contributed by atoms with Crippen molar-refractivity contribution in [1.29, 1.82) is 0 Å². The van der Waals surface area contributed by atoms with E-state index in [4.69, 9.17) is 0 Å². The zero-order valence-corrected chi connectivity index (χ0v) is 10.7. The van der Waals surface area contributed by atoms with Crippen LogP contribution in [0.1, 0.15) is 17.1 Å². The predicted molar refractivity (Wildman–Crippen MR) is 73.6 cm³/mol. The van der Waals surface area contributed by atoms with Gasteiger partial charge in [-0.05, 0) is 24.6 Å². The fourth-order valence-electron chi connectivity index (χ4n) is 1.99. The van der Waals surface area contributed by atoms with Gasteiger partial charge in [-0.2, -0.15) is 5.10 Å². The maximum atomic E-state index is 4.40. The fourth-order valence-corrected chi connectivity index (χ4v) is 1.99. The number of rotatable bonds is 3. The van der Waals surface area contributed by atoms with E-state index in [1.807, 2.05) is 37.3 Å². The Labute approximate surface area is 111 Å². The molecule has 0 fully saturated rings. The van der Waals surface area contributed by atoms with Crippen LogP contribution < -0.4 is 0 Å². The number of hydrogen-bond acceptors (Lipinski definition) is 3. The van der Waals surface area contributed by atoms with Crippen LogP contribution in [0.3, 0.4) is 0 Å². The first-order valence-electron chi connectivity index (χ1n) is 6.19. The molecule has 0 atom stereocenters. The summed E-state index contributed by atoms with van der Waals surface area (Å²) in [6, 6.07) is 14.3. The minimum absolute atomic E-state index is 0.717. The van der Waals surface area contributed by atoms with Crippen LogP contribution in [0.25, 0.3) is 11.4 Å². The molecule has 1 aromatic carbocycles. The first-order chi connectivity index (χ1) is 9.31. The Morgan fingerprint density at radius 2 is 1.95 bits per heavy atom. The highest BCUT2D eigenvalue weighted by molar-refractivity contribution is 5.54. The predicted octanol–water partition coefficient (Wildman–Crippen LogP) is 2.77. The minimum atomic E-state index is 0.717. The quantitative estimate of drug-likeness (QED) is 0.777. The Bertz CT molecular complexity index is 673. The highest BCUT2D eigenvalue weighted by Crippen LogP contribution is 2.16. The molecule has 0 saturated carbocycles. The Morgan fingerprint density at radius 1 is 1.11 bits per heavy atom. The van der Waals surface area contributed by atoms with Gasteiger partial charge in [0, 0.05) is 23.9 Å². The van der Waals surface area contributed by atoms with Crippen molar-refractivity contribution in [1.82, 2.24) is 20.2 Å². The first-order valence-corrected chi connectivity index (χ1v) is 6.19. The van der Waals surface area contributed by atoms with Crippen LogP contribution in [0, 0.1) is 6.92 Å². The van der Waals surface area contributed by atoms with E-state index in [-0.39, 0.29) is 0 Å². The van der Waals surface area contributed by atoms with Gasteiger partial charge in [-0.25, -0.2) is 4.98 Å². The molecule has 0 aliphatic heterocycles. The lowest BCUT2D eigenvalue weighted by Crippen LogP contribution is -1.93. The Hall–Kier alpha value is -2.49. The van der Waals surface area contributed by atoms with Gasteiger partial charge >= 0.3 is 0 Å². The third kappa shape index (κ3) is 2.68. The Balaban J connectivity index is 1.88. The third-order valence-corrected chi connectivity index (χ3v) is 2.90. The summed E-state index contributed by atoms with van der Waals surface area (Å²) in [5, 5.41) is 7.03. The molecule has 2 aromatic heterocycles. The molecule has 19 heavy (non-hydrogen) atoms. The molecule has 0 amide bonds. The number of aromatic amines is 1. The van der Waals surface area contributed by atoms with Crippen molar-refractivity contribution < 1.29 is 0 Å². The average molecular weight is 250 g/mol. The van der Waals surface area contributed by atoms with Crippen LogP contribution in [0.4, 0.5) is 0 Å². The number of aromatic nitrogens is 4. The average Bonchev–Trinajstić information content (AvgIpc) is 2.87. The minimum Gasteiger partial charge on any atom is -0.263 e. The molecule has 3 rings (SSSR count). The number of nitrogens with one attached hydrogen (secondary N) is 1. The van der Waals surface area contributed by atoms with Crippen LogP contribution in [-0.2, 0) is 6.42 Å². The molecular formula is C15H14N4. The van der Waals surface area contributed by atoms with Crippen molar-refractivity contribution >= 4 is 0 Å². The van der Waals surface area contributed by atoms with Crippen LogP contribution in [-0.4, -0.2) is 20.2 Å². The maximum absolute atomic E-state index is 4.40. The molecule has 2 heterocycles. The summed E-state index contributed by atoms with van der Waals surface area (Å²) in [5.41, 5.74) is 3.26. The second-order valence-corrected chi connectivity index (χ2v) is 4.44. The lowest BCUT2D eigenvalue weighted by atomic mass is 10.1. The molecule has 94 valence electrons. The zero-order valence-electron chi connectivity index (χ0n) is 10.7. The summed E-state index contributed by atoms with van der Waals surface area (Å²) in [6.45, 7) is 1.89. The number of hydrogen-bond donors (Lipinski definition) is 1. The second kappa shape index (κ2) is 5.02. The number of H-pyrrole nitrogens is 1. The van der Waals surface area contributed by atoms with Gasteiger partial charge in [0.15, 0.2) is 5.82 Å². The Morgan fingerprint density at radius 3 is 2.68 bits per heavy atom. The van der Waals surface area contributed by atoms with Gasteiger partial charge in [0.1, 0.15) is 5.82 Å². The van der Waals surface area contributed by atoms with E-state index in [0.717, 1.165) is 23.5 Å². The Kier molecular flexibility index (Phi) is 3.06. The van der Waals surface area contributed by atoms with Crippen molar-refractivity contribution in [2.75, 3.05) is 0 Å². The van der Waals surface area contributed by atoms with E-state index in [0.29, 0.717) is 5.82 Å². The highest BCUT2D eigenvalue weighted by Gasteiger charge is 2.05. The second-order valence-electron chi connectivity index (χ2n) is 4.44. The SMILES string of the molecule is Cc1nc(-c2ccnc(Cc3ccccc3)c2)n[nH]1.